The lowest BCUT2D eigenvalue weighted by molar-refractivity contribution is -0.117. The highest BCUT2D eigenvalue weighted by molar-refractivity contribution is 9.10. The Bertz CT molecular complexity index is 416. The molecule has 7 heteroatoms. The van der Waals surface area contributed by atoms with E-state index in [1.165, 1.54) is 6.07 Å². The molecule has 0 atom stereocenters. The molecule has 1 rings (SSSR count). The first kappa shape index (κ1) is 14.8. The van der Waals surface area contributed by atoms with Crippen LogP contribution in [0.1, 0.15) is 12.0 Å². The van der Waals surface area contributed by atoms with Crippen LogP contribution in [0.2, 0.25) is 0 Å². The van der Waals surface area contributed by atoms with Gasteiger partial charge in [-0.15, -0.1) is 0 Å². The van der Waals surface area contributed by atoms with Crippen LogP contribution in [0.5, 0.6) is 5.75 Å². The molecule has 100 valence electrons. The predicted molar refractivity (Wildman–Crippen MR) is 66.3 cm³/mol. The molecule has 0 aliphatic rings. The van der Waals surface area contributed by atoms with Gasteiger partial charge in [-0.1, -0.05) is 15.9 Å². The molecule has 0 radical (unpaired) electrons. The van der Waals surface area contributed by atoms with Crippen molar-refractivity contribution in [3.8, 4) is 5.75 Å². The highest BCUT2D eigenvalue weighted by Crippen LogP contribution is 2.24. The Morgan fingerprint density at radius 3 is 2.83 bits per heavy atom. The summed E-state index contributed by atoms with van der Waals surface area (Å²) in [5.41, 5.74) is 5.56. The van der Waals surface area contributed by atoms with Crippen molar-refractivity contribution in [3.05, 3.63) is 28.2 Å². The number of nitrogens with two attached hydrogens (primary N) is 1. The van der Waals surface area contributed by atoms with Gasteiger partial charge in [0.1, 0.15) is 5.75 Å². The quantitative estimate of drug-likeness (QED) is 0.755. The summed E-state index contributed by atoms with van der Waals surface area (Å²) < 4.78 is 29.5. The molecule has 4 nitrogen and oxygen atoms in total. The topological polar surface area (TPSA) is 64.4 Å². The number of halogens is 3. The monoisotopic (exact) mass is 322 g/mol. The highest BCUT2D eigenvalue weighted by Gasteiger charge is 2.09. The van der Waals surface area contributed by atoms with Gasteiger partial charge in [-0.05, 0) is 18.2 Å². The van der Waals surface area contributed by atoms with E-state index in [1.807, 2.05) is 0 Å². The standard InChI is InChI=1S/C11H13BrF2N2O2/c12-8-1-2-9(18-11(13)14)7(5-8)6-16-4-3-10(15)17/h1-2,5,11,16H,3-4,6H2,(H2,15,17). The average molecular weight is 323 g/mol. The summed E-state index contributed by atoms with van der Waals surface area (Å²) in [5.74, 6) is -0.305. The Labute approximate surface area is 112 Å². The minimum atomic E-state index is -2.87. The van der Waals surface area contributed by atoms with Crippen LogP contribution in [0.3, 0.4) is 0 Å². The number of nitrogens with one attached hydrogen (secondary N) is 1. The molecular weight excluding hydrogens is 310 g/mol. The third-order valence-corrected chi connectivity index (χ3v) is 2.60. The molecule has 18 heavy (non-hydrogen) atoms. The van der Waals surface area contributed by atoms with Gasteiger partial charge in [0.05, 0.1) is 0 Å². The molecule has 0 unspecified atom stereocenters. The van der Waals surface area contributed by atoms with Crippen molar-refractivity contribution in [2.75, 3.05) is 6.54 Å². The summed E-state index contributed by atoms with van der Waals surface area (Å²) >= 11 is 3.25. The summed E-state index contributed by atoms with van der Waals surface area (Å²) in [5, 5.41) is 2.93. The molecule has 0 aliphatic carbocycles. The van der Waals surface area contributed by atoms with Crippen molar-refractivity contribution >= 4 is 21.8 Å². The molecule has 0 heterocycles. The number of primary amides is 1. The lowest BCUT2D eigenvalue weighted by atomic mass is 10.2. The lowest BCUT2D eigenvalue weighted by Gasteiger charge is -2.11. The number of hydrogen-bond acceptors (Lipinski definition) is 3. The number of rotatable bonds is 7. The van der Waals surface area contributed by atoms with Crippen molar-refractivity contribution < 1.29 is 18.3 Å². The first-order chi connectivity index (χ1) is 8.49. The van der Waals surface area contributed by atoms with Crippen LogP contribution in [-0.4, -0.2) is 19.1 Å². The van der Waals surface area contributed by atoms with Crippen molar-refractivity contribution in [3.63, 3.8) is 0 Å². The minimum absolute atomic E-state index is 0.111. The van der Waals surface area contributed by atoms with Gasteiger partial charge in [-0.3, -0.25) is 4.79 Å². The second-order valence-electron chi connectivity index (χ2n) is 3.52. The first-order valence-corrected chi connectivity index (χ1v) is 6.00. The fourth-order valence-electron chi connectivity index (χ4n) is 1.33. The van der Waals surface area contributed by atoms with E-state index < -0.39 is 12.5 Å². The number of carbonyl (C=O) groups is 1. The zero-order valence-corrected chi connectivity index (χ0v) is 11.0. The van der Waals surface area contributed by atoms with Crippen LogP contribution >= 0.6 is 15.9 Å². The van der Waals surface area contributed by atoms with Crippen LogP contribution in [-0.2, 0) is 11.3 Å². The number of amides is 1. The van der Waals surface area contributed by atoms with E-state index in [0.717, 1.165) is 4.47 Å². The molecule has 1 aromatic carbocycles. The highest BCUT2D eigenvalue weighted by atomic mass is 79.9. The van der Waals surface area contributed by atoms with Crippen molar-refractivity contribution in [2.24, 2.45) is 5.73 Å². The smallest absolute Gasteiger partial charge is 0.387 e. The fraction of sp³-hybridized carbons (Fsp3) is 0.364. The van der Waals surface area contributed by atoms with Crippen LogP contribution in [0, 0.1) is 0 Å². The Kier molecular flexibility index (Phi) is 6.00. The molecule has 0 saturated carbocycles. The van der Waals surface area contributed by atoms with E-state index in [1.54, 1.807) is 12.1 Å². The molecule has 0 aromatic heterocycles. The molecule has 3 N–H and O–H groups in total. The van der Waals surface area contributed by atoms with Gasteiger partial charge >= 0.3 is 6.61 Å². The molecular formula is C11H13BrF2N2O2. The van der Waals surface area contributed by atoms with Gasteiger partial charge in [0.15, 0.2) is 0 Å². The minimum Gasteiger partial charge on any atom is -0.434 e. The van der Waals surface area contributed by atoms with E-state index in [2.05, 4.69) is 26.0 Å². The third-order valence-electron chi connectivity index (χ3n) is 2.10. The molecule has 0 aliphatic heterocycles. The number of carbonyl (C=O) groups excluding carboxylic acids is 1. The van der Waals surface area contributed by atoms with Gasteiger partial charge in [-0.25, -0.2) is 0 Å². The van der Waals surface area contributed by atoms with E-state index in [9.17, 15) is 13.6 Å². The lowest BCUT2D eigenvalue weighted by Crippen LogP contribution is -2.22. The zero-order chi connectivity index (χ0) is 13.5. The van der Waals surface area contributed by atoms with Gasteiger partial charge in [0, 0.05) is 29.5 Å². The molecule has 0 fully saturated rings. The van der Waals surface area contributed by atoms with Gasteiger partial charge < -0.3 is 15.8 Å². The maximum atomic E-state index is 12.2. The predicted octanol–water partition coefficient (Wildman–Crippen LogP) is 2.02. The maximum Gasteiger partial charge on any atom is 0.387 e. The summed E-state index contributed by atoms with van der Waals surface area (Å²) in [7, 11) is 0. The van der Waals surface area contributed by atoms with E-state index in [4.69, 9.17) is 5.73 Å². The maximum absolute atomic E-state index is 12.2. The number of benzene rings is 1. The summed E-state index contributed by atoms with van der Waals surface area (Å²) in [4.78, 5) is 10.5. The number of hydrogen-bond donors (Lipinski definition) is 2. The Balaban J connectivity index is 2.61. The molecule has 0 spiro atoms. The van der Waals surface area contributed by atoms with Crippen LogP contribution in [0.4, 0.5) is 8.78 Å². The average Bonchev–Trinajstić information content (AvgIpc) is 2.27. The Morgan fingerprint density at radius 2 is 2.22 bits per heavy atom. The van der Waals surface area contributed by atoms with Crippen LogP contribution in [0.25, 0.3) is 0 Å². The second-order valence-corrected chi connectivity index (χ2v) is 4.44. The van der Waals surface area contributed by atoms with E-state index in [-0.39, 0.29) is 12.2 Å². The Morgan fingerprint density at radius 1 is 1.50 bits per heavy atom. The van der Waals surface area contributed by atoms with E-state index >= 15 is 0 Å². The largest absolute Gasteiger partial charge is 0.434 e. The molecule has 0 bridgehead atoms. The van der Waals surface area contributed by atoms with E-state index in [0.29, 0.717) is 18.7 Å². The van der Waals surface area contributed by atoms with Crippen molar-refractivity contribution in [1.82, 2.24) is 5.32 Å². The molecule has 1 aromatic rings. The summed E-state index contributed by atoms with van der Waals surface area (Å²) in [6.07, 6.45) is 0.193. The molecule has 0 saturated heterocycles. The van der Waals surface area contributed by atoms with Gasteiger partial charge in [0.25, 0.3) is 0 Å². The SMILES string of the molecule is NC(=O)CCNCc1cc(Br)ccc1OC(F)F. The normalized spacial score (nSPS) is 10.7. The number of ether oxygens (including phenoxy) is 1. The fourth-order valence-corrected chi connectivity index (χ4v) is 1.74. The third kappa shape index (κ3) is 5.42. The second kappa shape index (κ2) is 7.27. The van der Waals surface area contributed by atoms with Gasteiger partial charge in [-0.2, -0.15) is 8.78 Å². The van der Waals surface area contributed by atoms with Crippen LogP contribution < -0.4 is 15.8 Å². The summed E-state index contributed by atoms with van der Waals surface area (Å²) in [6.45, 7) is -2.17. The first-order valence-electron chi connectivity index (χ1n) is 5.21. The van der Waals surface area contributed by atoms with Crippen molar-refractivity contribution in [1.29, 1.82) is 0 Å². The van der Waals surface area contributed by atoms with Crippen LogP contribution in [0.15, 0.2) is 22.7 Å². The summed E-state index contributed by atoms with van der Waals surface area (Å²) in [6, 6.07) is 4.75. The number of alkyl halides is 2. The van der Waals surface area contributed by atoms with Crippen molar-refractivity contribution in [2.45, 2.75) is 19.6 Å². The van der Waals surface area contributed by atoms with Gasteiger partial charge in [0.2, 0.25) is 5.91 Å². The molecule has 1 amide bonds. The zero-order valence-electron chi connectivity index (χ0n) is 9.46. The Hall–Kier alpha value is -1.21.